The summed E-state index contributed by atoms with van der Waals surface area (Å²) >= 11 is 0. The number of nitrogens with one attached hydrogen (secondary N) is 2. The average molecular weight is 422 g/mol. The number of aromatic nitrogens is 1. The van der Waals surface area contributed by atoms with Crippen molar-refractivity contribution < 1.29 is 14.3 Å². The van der Waals surface area contributed by atoms with Crippen LogP contribution in [0.3, 0.4) is 0 Å². The fraction of sp³-hybridized carbons (Fsp3) is 0.400. The molecule has 1 aromatic heterocycles. The molecule has 2 heterocycles. The predicted octanol–water partition coefficient (Wildman–Crippen LogP) is 3.54. The van der Waals surface area contributed by atoms with E-state index in [4.69, 9.17) is 9.47 Å². The van der Waals surface area contributed by atoms with Crippen LogP contribution >= 0.6 is 0 Å². The number of hydrogen-bond acceptors (Lipinski definition) is 4. The number of aromatic amines is 1. The van der Waals surface area contributed by atoms with Gasteiger partial charge in [0.1, 0.15) is 5.75 Å². The van der Waals surface area contributed by atoms with Gasteiger partial charge in [-0.05, 0) is 30.7 Å². The Morgan fingerprint density at radius 2 is 1.90 bits per heavy atom. The molecular weight excluding hydrogens is 390 g/mol. The number of ether oxygens (including phenoxy) is 2. The zero-order valence-electron chi connectivity index (χ0n) is 18.1. The van der Waals surface area contributed by atoms with E-state index in [0.717, 1.165) is 67.0 Å². The Bertz CT molecular complexity index is 994. The first-order valence-electron chi connectivity index (χ1n) is 11.0. The molecule has 31 heavy (non-hydrogen) atoms. The van der Waals surface area contributed by atoms with Crippen LogP contribution in [0.5, 0.6) is 5.75 Å². The number of morpholine rings is 1. The van der Waals surface area contributed by atoms with Crippen molar-refractivity contribution in [3.8, 4) is 5.75 Å². The van der Waals surface area contributed by atoms with E-state index in [9.17, 15) is 4.79 Å². The van der Waals surface area contributed by atoms with E-state index in [0.29, 0.717) is 13.0 Å². The van der Waals surface area contributed by atoms with Crippen molar-refractivity contribution in [2.24, 2.45) is 0 Å². The van der Waals surface area contributed by atoms with Crippen LogP contribution < -0.4 is 10.1 Å². The number of carbonyl (C=O) groups excluding carboxylic acids is 1. The number of hydrogen-bond donors (Lipinski definition) is 2. The van der Waals surface area contributed by atoms with Crippen molar-refractivity contribution in [3.63, 3.8) is 0 Å². The fourth-order valence-corrected chi connectivity index (χ4v) is 4.34. The first kappa shape index (κ1) is 21.4. The van der Waals surface area contributed by atoms with Crippen LogP contribution in [0.1, 0.15) is 29.9 Å². The van der Waals surface area contributed by atoms with Gasteiger partial charge in [-0.15, -0.1) is 0 Å². The Kier molecular flexibility index (Phi) is 7.22. The zero-order valence-corrected chi connectivity index (χ0v) is 18.1. The van der Waals surface area contributed by atoms with Gasteiger partial charge in [-0.2, -0.15) is 0 Å². The third-order valence-corrected chi connectivity index (χ3v) is 5.98. The molecule has 1 fully saturated rings. The lowest BCUT2D eigenvalue weighted by Crippen LogP contribution is -2.38. The molecule has 0 unspecified atom stereocenters. The van der Waals surface area contributed by atoms with Gasteiger partial charge in [0.25, 0.3) is 0 Å². The molecule has 6 nitrogen and oxygen atoms in total. The van der Waals surface area contributed by atoms with Crippen molar-refractivity contribution in [1.82, 2.24) is 15.2 Å². The number of rotatable bonds is 9. The van der Waals surface area contributed by atoms with Crippen LogP contribution in [0.4, 0.5) is 0 Å². The summed E-state index contributed by atoms with van der Waals surface area (Å²) < 4.78 is 11.0. The van der Waals surface area contributed by atoms with Gasteiger partial charge in [0.05, 0.1) is 20.3 Å². The van der Waals surface area contributed by atoms with E-state index in [1.165, 1.54) is 0 Å². The average Bonchev–Trinajstić information content (AvgIpc) is 3.25. The lowest BCUT2D eigenvalue weighted by molar-refractivity contribution is -0.121. The molecule has 4 rings (SSSR count). The minimum absolute atomic E-state index is 0.0585. The van der Waals surface area contributed by atoms with Crippen molar-refractivity contribution in [2.75, 3.05) is 46.5 Å². The minimum atomic E-state index is -0.0912. The number of carbonyl (C=O) groups is 1. The van der Waals surface area contributed by atoms with Crippen molar-refractivity contribution >= 4 is 16.8 Å². The van der Waals surface area contributed by atoms with Gasteiger partial charge in [-0.25, -0.2) is 0 Å². The third kappa shape index (κ3) is 5.27. The highest BCUT2D eigenvalue weighted by Crippen LogP contribution is 2.37. The lowest BCUT2D eigenvalue weighted by atomic mass is 9.87. The highest BCUT2D eigenvalue weighted by molar-refractivity contribution is 5.86. The second-order valence-corrected chi connectivity index (χ2v) is 7.95. The molecule has 0 bridgehead atoms. The van der Waals surface area contributed by atoms with Crippen LogP contribution in [0.25, 0.3) is 10.9 Å². The summed E-state index contributed by atoms with van der Waals surface area (Å²) in [6.45, 7) is 5.23. The van der Waals surface area contributed by atoms with E-state index in [1.807, 2.05) is 36.5 Å². The summed E-state index contributed by atoms with van der Waals surface area (Å²) in [6, 6.07) is 16.2. The van der Waals surface area contributed by atoms with Gasteiger partial charge in [-0.3, -0.25) is 9.69 Å². The predicted molar refractivity (Wildman–Crippen MR) is 123 cm³/mol. The quantitative estimate of drug-likeness (QED) is 0.519. The minimum Gasteiger partial charge on any atom is -0.496 e. The molecule has 3 aromatic rings. The number of methoxy groups -OCH3 is 1. The highest BCUT2D eigenvalue weighted by atomic mass is 16.5. The van der Waals surface area contributed by atoms with Crippen molar-refractivity contribution in [2.45, 2.75) is 18.8 Å². The highest BCUT2D eigenvalue weighted by Gasteiger charge is 2.24. The van der Waals surface area contributed by atoms with Gasteiger partial charge >= 0.3 is 0 Å². The number of amides is 1. The molecule has 2 N–H and O–H groups in total. The van der Waals surface area contributed by atoms with Gasteiger partial charge in [0, 0.05) is 54.6 Å². The van der Waals surface area contributed by atoms with Crippen LogP contribution in [-0.2, 0) is 9.53 Å². The van der Waals surface area contributed by atoms with E-state index in [-0.39, 0.29) is 11.8 Å². The smallest absolute Gasteiger partial charge is 0.220 e. The van der Waals surface area contributed by atoms with Gasteiger partial charge in [0.2, 0.25) is 5.91 Å². The fourth-order valence-electron chi connectivity index (χ4n) is 4.34. The number of nitrogens with zero attached hydrogens (tertiary/aromatic N) is 1. The maximum atomic E-state index is 12.9. The molecule has 0 spiro atoms. The Labute approximate surface area is 183 Å². The summed E-state index contributed by atoms with van der Waals surface area (Å²) in [6.07, 6.45) is 3.34. The topological polar surface area (TPSA) is 66.6 Å². The summed E-state index contributed by atoms with van der Waals surface area (Å²) in [5.41, 5.74) is 3.21. The summed E-state index contributed by atoms with van der Waals surface area (Å²) in [7, 11) is 1.68. The molecular formula is C25H31N3O3. The maximum absolute atomic E-state index is 12.9. The Balaban J connectivity index is 1.46. The van der Waals surface area contributed by atoms with Crippen LogP contribution in [-0.4, -0.2) is 62.3 Å². The van der Waals surface area contributed by atoms with Crippen molar-refractivity contribution in [1.29, 1.82) is 0 Å². The number of para-hydroxylation sites is 2. The molecule has 164 valence electrons. The normalized spacial score (nSPS) is 15.6. The molecule has 1 saturated heterocycles. The summed E-state index contributed by atoms with van der Waals surface area (Å²) in [5.74, 6) is 0.771. The molecule has 0 aliphatic carbocycles. The largest absolute Gasteiger partial charge is 0.496 e. The number of H-pyrrole nitrogens is 1. The zero-order chi connectivity index (χ0) is 21.5. The second-order valence-electron chi connectivity index (χ2n) is 7.95. The second kappa shape index (κ2) is 10.5. The molecule has 0 saturated carbocycles. The van der Waals surface area contributed by atoms with E-state index < -0.39 is 0 Å². The first-order chi connectivity index (χ1) is 15.3. The van der Waals surface area contributed by atoms with Gasteiger partial charge in [0.15, 0.2) is 0 Å². The van der Waals surface area contributed by atoms with Crippen LogP contribution in [0.15, 0.2) is 54.7 Å². The summed E-state index contributed by atoms with van der Waals surface area (Å²) in [5, 5.41) is 4.26. The molecule has 1 atom stereocenters. The lowest BCUT2D eigenvalue weighted by Gasteiger charge is -2.26. The van der Waals surface area contributed by atoms with Gasteiger partial charge in [-0.1, -0.05) is 36.4 Å². The molecule has 6 heteroatoms. The Morgan fingerprint density at radius 1 is 1.13 bits per heavy atom. The molecule has 1 amide bonds. The van der Waals surface area contributed by atoms with Crippen LogP contribution in [0, 0.1) is 0 Å². The SMILES string of the molecule is COc1ccccc1[C@@H](CC(=O)NCCCN1CCOCC1)c1c[nH]c2ccccc12. The molecule has 0 radical (unpaired) electrons. The van der Waals surface area contributed by atoms with E-state index >= 15 is 0 Å². The first-order valence-corrected chi connectivity index (χ1v) is 11.0. The third-order valence-electron chi connectivity index (χ3n) is 5.98. The van der Waals surface area contributed by atoms with Crippen LogP contribution in [0.2, 0.25) is 0 Å². The van der Waals surface area contributed by atoms with E-state index in [2.05, 4.69) is 33.4 Å². The summed E-state index contributed by atoms with van der Waals surface area (Å²) in [4.78, 5) is 18.7. The van der Waals surface area contributed by atoms with E-state index in [1.54, 1.807) is 7.11 Å². The number of benzene rings is 2. The maximum Gasteiger partial charge on any atom is 0.220 e. The molecule has 1 aliphatic heterocycles. The molecule has 2 aromatic carbocycles. The number of fused-ring (bicyclic) bond motifs is 1. The van der Waals surface area contributed by atoms with Gasteiger partial charge < -0.3 is 19.8 Å². The standard InChI is InChI=1S/C25H31N3O3/c1-30-24-10-5-3-8-20(24)21(22-18-27-23-9-4-2-7-19(22)23)17-25(29)26-11-6-12-28-13-15-31-16-14-28/h2-5,7-10,18,21,27H,6,11-17H2,1H3,(H,26,29)/t21-/m1/s1. The Morgan fingerprint density at radius 3 is 2.74 bits per heavy atom. The molecule has 1 aliphatic rings. The van der Waals surface area contributed by atoms with Crippen molar-refractivity contribution in [3.05, 3.63) is 65.9 Å². The monoisotopic (exact) mass is 421 g/mol. The Hall–Kier alpha value is -2.83.